The molecular formula is C62H40N4. The van der Waals surface area contributed by atoms with Gasteiger partial charge in [0.05, 0.1) is 33.1 Å². The number of aromatic nitrogens is 4. The fourth-order valence-corrected chi connectivity index (χ4v) is 10.9. The Morgan fingerprint density at radius 1 is 0.182 bits per heavy atom. The molecule has 0 unspecified atom stereocenters. The first-order valence-corrected chi connectivity index (χ1v) is 22.7. The molecule has 3 aromatic heterocycles. The van der Waals surface area contributed by atoms with Crippen molar-refractivity contribution in [1.29, 1.82) is 0 Å². The number of hydrogen-bond donors (Lipinski definition) is 0. The Morgan fingerprint density at radius 3 is 0.970 bits per heavy atom. The maximum Gasteiger partial charge on any atom is 0.0703 e. The fourth-order valence-electron chi connectivity index (χ4n) is 10.9. The normalized spacial score (nSPS) is 11.9. The van der Waals surface area contributed by atoms with Crippen LogP contribution in [0.4, 0.5) is 0 Å². The molecule has 4 heteroatoms. The number of nitrogens with zero attached hydrogens (tertiary/aromatic N) is 4. The SMILES string of the molecule is c1ccc(-n2ccn(-c3ccccc3)c3cc4c5ccccc5c5cc(-n6c7ccccc7c7cc(-n8c9ccccc9c9ccccc98)ccc76)ccc5c5ccccc5c4cc32)cc1. The van der Waals surface area contributed by atoms with Crippen LogP contribution in [0.2, 0.25) is 0 Å². The summed E-state index contributed by atoms with van der Waals surface area (Å²) >= 11 is 0. The number of rotatable bonds is 4. The number of fused-ring (bicyclic) bond motifs is 15. The van der Waals surface area contributed by atoms with Crippen LogP contribution in [0.25, 0.3) is 120 Å². The second-order valence-electron chi connectivity index (χ2n) is 17.3. The number of hydrogen-bond acceptors (Lipinski definition) is 0. The largest absolute Gasteiger partial charge is 0.314 e. The third kappa shape index (κ3) is 5.39. The highest BCUT2D eigenvalue weighted by Gasteiger charge is 2.18. The van der Waals surface area contributed by atoms with Crippen LogP contribution in [0.5, 0.6) is 0 Å². The predicted octanol–water partition coefficient (Wildman–Crippen LogP) is 16.4. The molecule has 0 aliphatic rings. The fraction of sp³-hybridized carbons (Fsp3) is 0. The lowest BCUT2D eigenvalue weighted by atomic mass is 9.93. The molecule has 0 aliphatic carbocycles. The van der Waals surface area contributed by atoms with Crippen molar-refractivity contribution in [3.63, 3.8) is 0 Å². The second kappa shape index (κ2) is 14.3. The van der Waals surface area contributed by atoms with Gasteiger partial charge >= 0.3 is 0 Å². The van der Waals surface area contributed by atoms with Gasteiger partial charge in [-0.15, -0.1) is 0 Å². The van der Waals surface area contributed by atoms with Gasteiger partial charge in [0, 0.05) is 56.7 Å². The van der Waals surface area contributed by atoms with E-state index in [0.29, 0.717) is 0 Å². The van der Waals surface area contributed by atoms with Crippen LogP contribution < -0.4 is 0 Å². The molecule has 3 heterocycles. The van der Waals surface area contributed by atoms with Crippen LogP contribution in [0.15, 0.2) is 243 Å². The Bertz CT molecular complexity index is 4280. The summed E-state index contributed by atoms with van der Waals surface area (Å²) in [5.41, 5.74) is 11.5. The lowest BCUT2D eigenvalue weighted by Gasteiger charge is -2.19. The molecule has 0 saturated heterocycles. The van der Waals surface area contributed by atoms with E-state index in [-0.39, 0.29) is 0 Å². The average molecular weight is 841 g/mol. The van der Waals surface area contributed by atoms with Gasteiger partial charge in [0.1, 0.15) is 0 Å². The zero-order chi connectivity index (χ0) is 43.3. The molecule has 0 saturated carbocycles. The van der Waals surface area contributed by atoms with Gasteiger partial charge in [-0.1, -0.05) is 146 Å². The molecule has 0 spiro atoms. The minimum atomic E-state index is 1.12. The molecule has 0 radical (unpaired) electrons. The van der Waals surface area contributed by atoms with Crippen LogP contribution >= 0.6 is 0 Å². The van der Waals surface area contributed by atoms with Gasteiger partial charge < -0.3 is 18.3 Å². The molecule has 0 atom stereocenters. The Morgan fingerprint density at radius 2 is 0.500 bits per heavy atom. The molecule has 4 nitrogen and oxygen atoms in total. The molecule has 308 valence electrons. The van der Waals surface area contributed by atoms with Gasteiger partial charge in [0.15, 0.2) is 0 Å². The van der Waals surface area contributed by atoms with E-state index in [0.717, 1.165) is 33.8 Å². The van der Waals surface area contributed by atoms with Crippen molar-refractivity contribution in [1.82, 2.24) is 18.3 Å². The Balaban J connectivity index is 1.07. The van der Waals surface area contributed by atoms with Crippen LogP contribution in [0, 0.1) is 0 Å². The molecule has 14 aromatic rings. The van der Waals surface area contributed by atoms with Gasteiger partial charge in [0.2, 0.25) is 0 Å². The number of benzene rings is 10. The van der Waals surface area contributed by atoms with E-state index in [1.165, 1.54) is 86.7 Å². The van der Waals surface area contributed by atoms with E-state index >= 15 is 0 Å². The van der Waals surface area contributed by atoms with Crippen molar-refractivity contribution in [2.24, 2.45) is 0 Å². The van der Waals surface area contributed by atoms with E-state index < -0.39 is 0 Å². The molecule has 14 rings (SSSR count). The summed E-state index contributed by atoms with van der Waals surface area (Å²) < 4.78 is 9.52. The van der Waals surface area contributed by atoms with E-state index in [9.17, 15) is 0 Å². The molecule has 0 amide bonds. The summed E-state index contributed by atoms with van der Waals surface area (Å²) in [5.74, 6) is 0. The molecule has 0 fully saturated rings. The van der Waals surface area contributed by atoms with Crippen molar-refractivity contribution in [2.45, 2.75) is 0 Å². The Labute approximate surface area is 380 Å². The highest BCUT2D eigenvalue weighted by atomic mass is 15.1. The first-order valence-electron chi connectivity index (χ1n) is 22.7. The summed E-state index contributed by atoms with van der Waals surface area (Å²) in [4.78, 5) is 0. The molecule has 0 bridgehead atoms. The summed E-state index contributed by atoms with van der Waals surface area (Å²) in [5, 5.41) is 14.6. The maximum absolute atomic E-state index is 2.46. The van der Waals surface area contributed by atoms with E-state index in [1.807, 2.05) is 0 Å². The van der Waals surface area contributed by atoms with Gasteiger partial charge in [-0.25, -0.2) is 0 Å². The molecular weight excluding hydrogens is 801 g/mol. The number of para-hydroxylation sites is 5. The lowest BCUT2D eigenvalue weighted by Crippen LogP contribution is -2.04. The third-order valence-electron chi connectivity index (χ3n) is 13.8. The van der Waals surface area contributed by atoms with Gasteiger partial charge in [-0.05, 0) is 128 Å². The minimum absolute atomic E-state index is 1.12. The zero-order valence-electron chi connectivity index (χ0n) is 35.9. The minimum Gasteiger partial charge on any atom is -0.314 e. The lowest BCUT2D eigenvalue weighted by molar-refractivity contribution is 1.01. The standard InChI is InChI=1S/C62H40N4/c1-3-17-41(18-4-1)63-35-36-64(42-19-5-2-6-20-42)62-40-55-48-24-10-9-23-47(48)53-37-43(31-33-49(53)45-21-7-8-22-46(45)54(55)39-61(62)63)66-59-30-16-13-27-52(59)56-38-44(32-34-60(56)66)65-57-28-14-11-25-50(57)51-26-12-15-29-58(51)65/h1-40H. The van der Waals surface area contributed by atoms with Crippen LogP contribution in [-0.4, -0.2) is 18.3 Å². The van der Waals surface area contributed by atoms with Crippen molar-refractivity contribution < 1.29 is 0 Å². The molecule has 11 aromatic carbocycles. The van der Waals surface area contributed by atoms with Gasteiger partial charge in [-0.2, -0.15) is 0 Å². The Kier molecular flexibility index (Phi) is 7.95. The summed E-state index contributed by atoms with van der Waals surface area (Å²) in [7, 11) is 0. The second-order valence-corrected chi connectivity index (χ2v) is 17.3. The van der Waals surface area contributed by atoms with Gasteiger partial charge in [0.25, 0.3) is 0 Å². The van der Waals surface area contributed by atoms with Crippen LogP contribution in [0.1, 0.15) is 0 Å². The van der Waals surface area contributed by atoms with Crippen LogP contribution in [0.3, 0.4) is 0 Å². The first kappa shape index (κ1) is 36.6. The predicted molar refractivity (Wildman–Crippen MR) is 279 cm³/mol. The Hall–Kier alpha value is -8.86. The summed E-state index contributed by atoms with van der Waals surface area (Å²) in [6.07, 6.45) is 4.38. The zero-order valence-corrected chi connectivity index (χ0v) is 35.9. The van der Waals surface area contributed by atoms with Gasteiger partial charge in [-0.3, -0.25) is 0 Å². The van der Waals surface area contributed by atoms with Crippen LogP contribution in [-0.2, 0) is 0 Å². The van der Waals surface area contributed by atoms with Crippen molar-refractivity contribution in [3.8, 4) is 22.7 Å². The maximum atomic E-state index is 2.46. The smallest absolute Gasteiger partial charge is 0.0703 e. The molecule has 0 aliphatic heterocycles. The highest BCUT2D eigenvalue weighted by Crippen LogP contribution is 2.41. The highest BCUT2D eigenvalue weighted by molar-refractivity contribution is 6.27. The van der Waals surface area contributed by atoms with Crippen molar-refractivity contribution in [2.75, 3.05) is 0 Å². The topological polar surface area (TPSA) is 19.7 Å². The summed E-state index contributed by atoms with van der Waals surface area (Å²) in [6, 6.07) is 84.6. The molecule has 0 N–H and O–H groups in total. The third-order valence-corrected chi connectivity index (χ3v) is 13.8. The van der Waals surface area contributed by atoms with Crippen molar-refractivity contribution in [3.05, 3.63) is 243 Å². The van der Waals surface area contributed by atoms with E-state index in [1.54, 1.807) is 0 Å². The summed E-state index contributed by atoms with van der Waals surface area (Å²) in [6.45, 7) is 0. The van der Waals surface area contributed by atoms with E-state index in [4.69, 9.17) is 0 Å². The molecule has 66 heavy (non-hydrogen) atoms. The van der Waals surface area contributed by atoms with E-state index in [2.05, 4.69) is 261 Å². The monoisotopic (exact) mass is 840 g/mol. The van der Waals surface area contributed by atoms with Crippen molar-refractivity contribution >= 4 is 97.7 Å². The quantitative estimate of drug-likeness (QED) is 0.168. The first-order chi connectivity index (χ1) is 32.8. The average Bonchev–Trinajstić information content (AvgIpc) is 3.90.